The molecule has 0 aliphatic heterocycles. The molecule has 0 spiro atoms. The number of carboxylic acids is 1. The average molecular weight is 315 g/mol. The largest absolute Gasteiger partial charge is 0.479 e. The second kappa shape index (κ2) is 6.87. The smallest absolute Gasteiger partial charge is 0.344 e. The van der Waals surface area contributed by atoms with Gasteiger partial charge in [-0.3, -0.25) is 4.79 Å². The molecule has 3 N–H and O–H groups in total. The number of carbonyl (C=O) groups is 2. The van der Waals surface area contributed by atoms with Gasteiger partial charge in [0.15, 0.2) is 11.9 Å². The predicted molar refractivity (Wildman–Crippen MR) is 83.1 cm³/mol. The minimum Gasteiger partial charge on any atom is -0.479 e. The maximum absolute atomic E-state index is 11.4. The molecule has 0 bridgehead atoms. The fourth-order valence-electron chi connectivity index (χ4n) is 1.86. The molecule has 0 radical (unpaired) electrons. The maximum atomic E-state index is 11.4. The summed E-state index contributed by atoms with van der Waals surface area (Å²) in [6.07, 6.45) is -0.214. The van der Waals surface area contributed by atoms with Crippen LogP contribution in [0.4, 0.5) is 0 Å². The van der Waals surface area contributed by atoms with E-state index in [4.69, 9.17) is 15.6 Å². The average Bonchev–Trinajstić information content (AvgIpc) is 2.54. The van der Waals surface area contributed by atoms with Gasteiger partial charge in [-0.25, -0.2) is 9.78 Å². The number of nitrogens with two attached hydrogens (primary N) is 1. The molecule has 1 unspecified atom stereocenters. The number of benzene rings is 1. The van der Waals surface area contributed by atoms with Crippen molar-refractivity contribution in [1.29, 1.82) is 0 Å². The highest BCUT2D eigenvalue weighted by Gasteiger charge is 2.17. The Bertz CT molecular complexity index is 729. The lowest BCUT2D eigenvalue weighted by Crippen LogP contribution is -2.24. The van der Waals surface area contributed by atoms with Gasteiger partial charge in [0.1, 0.15) is 5.69 Å². The number of aliphatic carboxylic acids is 1. The van der Waals surface area contributed by atoms with Crippen molar-refractivity contribution in [2.24, 2.45) is 5.73 Å². The predicted octanol–water partition coefficient (Wildman–Crippen LogP) is 1.66. The van der Waals surface area contributed by atoms with E-state index in [0.29, 0.717) is 5.56 Å². The van der Waals surface area contributed by atoms with Crippen LogP contribution in [-0.2, 0) is 11.2 Å². The van der Waals surface area contributed by atoms with E-state index in [2.05, 4.69) is 9.97 Å². The fraction of sp³-hybridized carbons (Fsp3) is 0.250. The minimum atomic E-state index is -1.14. The van der Waals surface area contributed by atoms with Crippen LogP contribution in [0.25, 0.3) is 11.4 Å². The molecule has 1 aromatic heterocycles. The zero-order chi connectivity index (χ0) is 17.0. The number of hydrogen-bond donors (Lipinski definition) is 2. The van der Waals surface area contributed by atoms with Gasteiger partial charge in [-0.2, -0.15) is 4.98 Å². The number of amides is 1. The summed E-state index contributed by atoms with van der Waals surface area (Å²) in [5, 5.41) is 8.91. The number of primary amides is 1. The van der Waals surface area contributed by atoms with Crippen LogP contribution in [0, 0.1) is 0 Å². The summed E-state index contributed by atoms with van der Waals surface area (Å²) in [6, 6.07) is 8.73. The van der Waals surface area contributed by atoms with Crippen LogP contribution in [0.1, 0.15) is 29.9 Å². The van der Waals surface area contributed by atoms with E-state index in [0.717, 1.165) is 12.0 Å². The van der Waals surface area contributed by atoms with Gasteiger partial charge in [-0.05, 0) is 18.9 Å². The maximum Gasteiger partial charge on any atom is 0.344 e. The Labute approximate surface area is 133 Å². The Hall–Kier alpha value is -2.96. The highest BCUT2D eigenvalue weighted by Crippen LogP contribution is 2.20. The van der Waals surface area contributed by atoms with Crippen molar-refractivity contribution < 1.29 is 19.4 Å². The molecule has 1 atom stereocenters. The summed E-state index contributed by atoms with van der Waals surface area (Å²) in [7, 11) is 0. The molecule has 7 heteroatoms. The Balaban J connectivity index is 2.43. The quantitative estimate of drug-likeness (QED) is 0.837. The molecule has 1 heterocycles. The summed E-state index contributed by atoms with van der Waals surface area (Å²) >= 11 is 0. The minimum absolute atomic E-state index is 0.0155. The zero-order valence-corrected chi connectivity index (χ0v) is 12.8. The van der Waals surface area contributed by atoms with E-state index >= 15 is 0 Å². The molecular formula is C16H17N3O4. The summed E-state index contributed by atoms with van der Waals surface area (Å²) in [6.45, 7) is 3.41. The van der Waals surface area contributed by atoms with Crippen LogP contribution in [0.5, 0.6) is 5.88 Å². The van der Waals surface area contributed by atoms with Gasteiger partial charge < -0.3 is 15.6 Å². The molecule has 0 aliphatic rings. The Morgan fingerprint density at radius 1 is 1.26 bits per heavy atom. The molecular weight excluding hydrogens is 298 g/mol. The van der Waals surface area contributed by atoms with Crippen molar-refractivity contribution in [3.8, 4) is 17.3 Å². The standard InChI is InChI=1S/C16H17N3O4/c1-3-10-4-6-11(7-5-10)15-18-12(14(17)20)8-13(19-15)23-9(2)16(21)22/h4-9H,3H2,1-2H3,(H2,17,20)(H,21,22). The van der Waals surface area contributed by atoms with Crippen molar-refractivity contribution in [2.75, 3.05) is 0 Å². The number of aryl methyl sites for hydroxylation is 1. The normalized spacial score (nSPS) is 11.7. The third-order valence-electron chi connectivity index (χ3n) is 3.22. The van der Waals surface area contributed by atoms with E-state index in [-0.39, 0.29) is 17.4 Å². The van der Waals surface area contributed by atoms with Gasteiger partial charge in [0.05, 0.1) is 0 Å². The molecule has 23 heavy (non-hydrogen) atoms. The van der Waals surface area contributed by atoms with Crippen molar-refractivity contribution in [1.82, 2.24) is 9.97 Å². The van der Waals surface area contributed by atoms with E-state index < -0.39 is 18.0 Å². The monoisotopic (exact) mass is 315 g/mol. The second-order valence-electron chi connectivity index (χ2n) is 4.93. The van der Waals surface area contributed by atoms with Crippen molar-refractivity contribution in [2.45, 2.75) is 26.4 Å². The highest BCUT2D eigenvalue weighted by atomic mass is 16.5. The lowest BCUT2D eigenvalue weighted by atomic mass is 10.1. The molecule has 2 aromatic rings. The van der Waals surface area contributed by atoms with Gasteiger partial charge in [-0.1, -0.05) is 31.2 Å². The first-order valence-electron chi connectivity index (χ1n) is 7.08. The van der Waals surface area contributed by atoms with Gasteiger partial charge in [-0.15, -0.1) is 0 Å². The van der Waals surface area contributed by atoms with Crippen LogP contribution in [-0.4, -0.2) is 33.1 Å². The third kappa shape index (κ3) is 4.03. The summed E-state index contributed by atoms with van der Waals surface area (Å²) < 4.78 is 5.22. The molecule has 0 fully saturated rings. The third-order valence-corrected chi connectivity index (χ3v) is 3.22. The van der Waals surface area contributed by atoms with Crippen LogP contribution < -0.4 is 10.5 Å². The molecule has 0 saturated heterocycles. The van der Waals surface area contributed by atoms with Crippen molar-refractivity contribution in [3.63, 3.8) is 0 Å². The van der Waals surface area contributed by atoms with E-state index in [1.165, 1.54) is 13.0 Å². The number of carboxylic acid groups (broad SMARTS) is 1. The number of rotatable bonds is 6. The van der Waals surface area contributed by atoms with E-state index in [1.54, 1.807) is 0 Å². The number of aromatic nitrogens is 2. The molecule has 7 nitrogen and oxygen atoms in total. The van der Waals surface area contributed by atoms with Gasteiger partial charge >= 0.3 is 5.97 Å². The lowest BCUT2D eigenvalue weighted by Gasteiger charge is -2.11. The number of carbonyl (C=O) groups excluding carboxylic acids is 1. The Kier molecular flexibility index (Phi) is 4.90. The molecule has 0 saturated carbocycles. The second-order valence-corrected chi connectivity index (χ2v) is 4.93. The molecule has 120 valence electrons. The number of nitrogens with zero attached hydrogens (tertiary/aromatic N) is 2. The summed E-state index contributed by atoms with van der Waals surface area (Å²) in [5.41, 5.74) is 7.05. The van der Waals surface area contributed by atoms with Gasteiger partial charge in [0.25, 0.3) is 5.91 Å². The Morgan fingerprint density at radius 2 is 1.91 bits per heavy atom. The summed E-state index contributed by atoms with van der Waals surface area (Å²) in [4.78, 5) is 30.6. The topological polar surface area (TPSA) is 115 Å². The summed E-state index contributed by atoms with van der Waals surface area (Å²) in [5.74, 6) is -1.65. The van der Waals surface area contributed by atoms with Crippen molar-refractivity contribution >= 4 is 11.9 Å². The van der Waals surface area contributed by atoms with Crippen LogP contribution in [0.3, 0.4) is 0 Å². The molecule has 1 aromatic carbocycles. The van der Waals surface area contributed by atoms with Crippen LogP contribution >= 0.6 is 0 Å². The van der Waals surface area contributed by atoms with Gasteiger partial charge in [0, 0.05) is 11.6 Å². The van der Waals surface area contributed by atoms with Crippen molar-refractivity contribution in [3.05, 3.63) is 41.6 Å². The molecule has 2 rings (SSSR count). The van der Waals surface area contributed by atoms with Crippen LogP contribution in [0.15, 0.2) is 30.3 Å². The first-order valence-corrected chi connectivity index (χ1v) is 7.08. The molecule has 0 aliphatic carbocycles. The van der Waals surface area contributed by atoms with Gasteiger partial charge in [0.2, 0.25) is 5.88 Å². The highest BCUT2D eigenvalue weighted by molar-refractivity contribution is 5.91. The Morgan fingerprint density at radius 3 is 2.43 bits per heavy atom. The lowest BCUT2D eigenvalue weighted by molar-refractivity contribution is -0.144. The SMILES string of the molecule is CCc1ccc(-c2nc(OC(C)C(=O)O)cc(C(N)=O)n2)cc1. The first kappa shape index (κ1) is 16.4. The zero-order valence-electron chi connectivity index (χ0n) is 12.8. The van der Waals surface area contributed by atoms with E-state index in [1.807, 2.05) is 31.2 Å². The first-order chi connectivity index (χ1) is 10.9. The van der Waals surface area contributed by atoms with Crippen LogP contribution in [0.2, 0.25) is 0 Å². The van der Waals surface area contributed by atoms with E-state index in [9.17, 15) is 9.59 Å². The number of hydrogen-bond acceptors (Lipinski definition) is 5. The number of ether oxygens (including phenoxy) is 1. The molecule has 1 amide bonds. The fourth-order valence-corrected chi connectivity index (χ4v) is 1.86.